The summed E-state index contributed by atoms with van der Waals surface area (Å²) >= 11 is 0. The molecular weight excluding hydrogens is 210 g/mol. The molecule has 0 spiro atoms. The van der Waals surface area contributed by atoms with Crippen LogP contribution in [0.1, 0.15) is 37.6 Å². The van der Waals surface area contributed by atoms with Crippen LogP contribution in [0, 0.1) is 0 Å². The van der Waals surface area contributed by atoms with Gasteiger partial charge in [0, 0.05) is 6.54 Å². The van der Waals surface area contributed by atoms with E-state index in [9.17, 15) is 0 Å². The van der Waals surface area contributed by atoms with Gasteiger partial charge in [0.2, 0.25) is 0 Å². The van der Waals surface area contributed by atoms with Gasteiger partial charge in [-0.05, 0) is 24.8 Å². The number of nitrogens with zero attached hydrogens (tertiary/aromatic N) is 3. The molecule has 0 aliphatic heterocycles. The summed E-state index contributed by atoms with van der Waals surface area (Å²) in [5.41, 5.74) is 1.53. The van der Waals surface area contributed by atoms with Crippen molar-refractivity contribution >= 4 is 0 Å². The van der Waals surface area contributed by atoms with E-state index >= 15 is 0 Å². The Hall–Kier alpha value is -1.64. The minimum atomic E-state index is 0.146. The Morgan fingerprint density at radius 1 is 1.24 bits per heavy atom. The van der Waals surface area contributed by atoms with Crippen molar-refractivity contribution < 1.29 is 0 Å². The van der Waals surface area contributed by atoms with E-state index in [1.807, 2.05) is 6.33 Å². The minimum Gasteiger partial charge on any atom is -0.317 e. The van der Waals surface area contributed by atoms with E-state index < -0.39 is 0 Å². The van der Waals surface area contributed by atoms with E-state index in [-0.39, 0.29) is 5.41 Å². The standard InChI is InChI=1S/C14H17N3/c1-2-10-17-11-15-16-13(17)14(8-9-14)12-6-4-3-5-7-12/h3-7,11H,2,8-10H2,1H3. The topological polar surface area (TPSA) is 30.7 Å². The number of aromatic nitrogens is 3. The van der Waals surface area contributed by atoms with Crippen LogP contribution in [0.5, 0.6) is 0 Å². The van der Waals surface area contributed by atoms with Gasteiger partial charge in [-0.3, -0.25) is 0 Å². The van der Waals surface area contributed by atoms with Crippen LogP contribution in [0.15, 0.2) is 36.7 Å². The fraction of sp³-hybridized carbons (Fsp3) is 0.429. The van der Waals surface area contributed by atoms with Crippen LogP contribution < -0.4 is 0 Å². The average Bonchev–Trinajstić information content (AvgIpc) is 3.06. The zero-order valence-electron chi connectivity index (χ0n) is 10.1. The maximum absolute atomic E-state index is 4.36. The second kappa shape index (κ2) is 3.99. The fourth-order valence-electron chi connectivity index (χ4n) is 2.55. The molecule has 0 amide bonds. The number of hydrogen-bond acceptors (Lipinski definition) is 2. The summed E-state index contributed by atoms with van der Waals surface area (Å²) in [6, 6.07) is 10.7. The second-order valence-electron chi connectivity index (χ2n) is 4.80. The van der Waals surface area contributed by atoms with Gasteiger partial charge in [-0.1, -0.05) is 37.3 Å². The van der Waals surface area contributed by atoms with Crippen molar-refractivity contribution in [1.82, 2.24) is 14.8 Å². The Morgan fingerprint density at radius 2 is 2.00 bits per heavy atom. The van der Waals surface area contributed by atoms with Crippen molar-refractivity contribution in [3.63, 3.8) is 0 Å². The van der Waals surface area contributed by atoms with Crippen LogP contribution in [0.4, 0.5) is 0 Å². The highest BCUT2D eigenvalue weighted by Gasteiger charge is 2.49. The van der Waals surface area contributed by atoms with Crippen molar-refractivity contribution in [1.29, 1.82) is 0 Å². The SMILES string of the molecule is CCCn1cnnc1C1(c2ccccc2)CC1. The molecule has 1 aromatic carbocycles. The van der Waals surface area contributed by atoms with E-state index in [0.717, 1.165) is 18.8 Å². The van der Waals surface area contributed by atoms with Crippen molar-refractivity contribution in [2.45, 2.75) is 38.1 Å². The first-order valence-corrected chi connectivity index (χ1v) is 6.30. The van der Waals surface area contributed by atoms with Gasteiger partial charge in [-0.15, -0.1) is 10.2 Å². The molecule has 3 rings (SSSR count). The molecule has 1 aromatic heterocycles. The van der Waals surface area contributed by atoms with E-state index in [4.69, 9.17) is 0 Å². The Kier molecular flexibility index (Phi) is 2.46. The predicted molar refractivity (Wildman–Crippen MR) is 66.8 cm³/mol. The molecule has 1 heterocycles. The molecule has 0 atom stereocenters. The third-order valence-electron chi connectivity index (χ3n) is 3.58. The normalized spacial score (nSPS) is 17.0. The van der Waals surface area contributed by atoms with Crippen molar-refractivity contribution in [3.8, 4) is 0 Å². The van der Waals surface area contributed by atoms with E-state index in [1.165, 1.54) is 18.4 Å². The summed E-state index contributed by atoms with van der Waals surface area (Å²) < 4.78 is 2.21. The molecule has 17 heavy (non-hydrogen) atoms. The molecule has 0 bridgehead atoms. The first kappa shape index (κ1) is 10.5. The highest BCUT2D eigenvalue weighted by atomic mass is 15.3. The molecular formula is C14H17N3. The molecule has 2 aromatic rings. The van der Waals surface area contributed by atoms with Gasteiger partial charge in [-0.25, -0.2) is 0 Å². The third-order valence-corrected chi connectivity index (χ3v) is 3.58. The quantitative estimate of drug-likeness (QED) is 0.804. The summed E-state index contributed by atoms with van der Waals surface area (Å²) in [6.45, 7) is 3.20. The highest BCUT2D eigenvalue weighted by Crippen LogP contribution is 2.52. The van der Waals surface area contributed by atoms with Gasteiger partial charge in [-0.2, -0.15) is 0 Å². The lowest BCUT2D eigenvalue weighted by molar-refractivity contribution is 0.601. The van der Waals surface area contributed by atoms with E-state index in [0.29, 0.717) is 0 Å². The summed E-state index contributed by atoms with van der Waals surface area (Å²) in [5, 5.41) is 8.44. The second-order valence-corrected chi connectivity index (χ2v) is 4.80. The summed E-state index contributed by atoms with van der Waals surface area (Å²) in [4.78, 5) is 0. The van der Waals surface area contributed by atoms with Crippen molar-refractivity contribution in [3.05, 3.63) is 48.0 Å². The Balaban J connectivity index is 2.01. The Bertz CT molecular complexity index is 497. The molecule has 3 nitrogen and oxygen atoms in total. The van der Waals surface area contributed by atoms with Crippen LogP contribution in [0.2, 0.25) is 0 Å². The lowest BCUT2D eigenvalue weighted by Crippen LogP contribution is -2.16. The lowest BCUT2D eigenvalue weighted by Gasteiger charge is -2.16. The average molecular weight is 227 g/mol. The van der Waals surface area contributed by atoms with Crippen molar-refractivity contribution in [2.75, 3.05) is 0 Å². The van der Waals surface area contributed by atoms with Crippen LogP contribution in [0.25, 0.3) is 0 Å². The molecule has 0 saturated heterocycles. The first-order valence-electron chi connectivity index (χ1n) is 6.30. The maximum Gasteiger partial charge on any atom is 0.143 e. The van der Waals surface area contributed by atoms with Gasteiger partial charge < -0.3 is 4.57 Å². The number of aryl methyl sites for hydroxylation is 1. The smallest absolute Gasteiger partial charge is 0.143 e. The van der Waals surface area contributed by atoms with Crippen LogP contribution in [-0.2, 0) is 12.0 Å². The van der Waals surface area contributed by atoms with Gasteiger partial charge in [0.05, 0.1) is 5.41 Å². The lowest BCUT2D eigenvalue weighted by atomic mass is 9.95. The van der Waals surface area contributed by atoms with Crippen LogP contribution in [-0.4, -0.2) is 14.8 Å². The van der Waals surface area contributed by atoms with E-state index in [1.54, 1.807) is 0 Å². The summed E-state index contributed by atoms with van der Waals surface area (Å²) in [7, 11) is 0. The molecule has 88 valence electrons. The molecule has 1 fully saturated rings. The Labute approximate surface area is 101 Å². The van der Waals surface area contributed by atoms with Gasteiger partial charge in [0.25, 0.3) is 0 Å². The Morgan fingerprint density at radius 3 is 2.65 bits per heavy atom. The molecule has 0 unspecified atom stereocenters. The van der Waals surface area contributed by atoms with Gasteiger partial charge >= 0.3 is 0 Å². The number of hydrogen-bond donors (Lipinski definition) is 0. The monoisotopic (exact) mass is 227 g/mol. The largest absolute Gasteiger partial charge is 0.317 e. The highest BCUT2D eigenvalue weighted by molar-refractivity contribution is 5.39. The van der Waals surface area contributed by atoms with Crippen molar-refractivity contribution in [2.24, 2.45) is 0 Å². The minimum absolute atomic E-state index is 0.146. The molecule has 1 saturated carbocycles. The molecule has 0 N–H and O–H groups in total. The zero-order valence-corrected chi connectivity index (χ0v) is 10.1. The molecule has 3 heteroatoms. The first-order chi connectivity index (χ1) is 8.37. The predicted octanol–water partition coefficient (Wildman–Crippen LogP) is 2.77. The maximum atomic E-state index is 4.36. The van der Waals surface area contributed by atoms with Crippen LogP contribution in [0.3, 0.4) is 0 Å². The zero-order chi connectivity index (χ0) is 11.7. The van der Waals surface area contributed by atoms with Crippen LogP contribution >= 0.6 is 0 Å². The third kappa shape index (κ3) is 1.66. The fourth-order valence-corrected chi connectivity index (χ4v) is 2.55. The molecule has 0 radical (unpaired) electrons. The van der Waals surface area contributed by atoms with Gasteiger partial charge in [0.1, 0.15) is 12.2 Å². The van der Waals surface area contributed by atoms with Gasteiger partial charge in [0.15, 0.2) is 0 Å². The molecule has 1 aliphatic rings. The summed E-state index contributed by atoms with van der Waals surface area (Å²) in [5.74, 6) is 1.14. The molecule has 1 aliphatic carbocycles. The number of benzene rings is 1. The van der Waals surface area contributed by atoms with E-state index in [2.05, 4.69) is 52.0 Å². The summed E-state index contributed by atoms with van der Waals surface area (Å²) in [6.07, 6.45) is 5.37. The number of rotatable bonds is 4.